The van der Waals surface area contributed by atoms with E-state index in [4.69, 9.17) is 56.8 Å². The molecule has 6 atom stereocenters. The molecule has 0 aliphatic carbocycles. The highest BCUT2D eigenvalue weighted by molar-refractivity contribution is 9.09. The number of urea groups is 1. The van der Waals surface area contributed by atoms with Crippen LogP contribution in [-0.4, -0.2) is 185 Å². The number of rotatable bonds is 44. The van der Waals surface area contributed by atoms with Crippen LogP contribution in [0.5, 0.6) is 0 Å². The monoisotopic (exact) mass is 1610 g/mol. The average Bonchev–Trinajstić information content (AvgIpc) is 0.875. The second-order valence-electron chi connectivity index (χ2n) is 24.6. The summed E-state index contributed by atoms with van der Waals surface area (Å²) >= 11 is 6.43. The van der Waals surface area contributed by atoms with Crippen molar-refractivity contribution in [2.45, 2.75) is 184 Å². The van der Waals surface area contributed by atoms with Crippen LogP contribution in [0.2, 0.25) is 0 Å². The molecule has 3 aromatic carbocycles. The Morgan fingerprint density at radius 3 is 1.29 bits per heavy atom. The van der Waals surface area contributed by atoms with Gasteiger partial charge in [0.05, 0.1) is 26.4 Å². The Bertz CT molecular complexity index is 3240. The number of unbranched alkanes of at least 4 members (excludes halogenated alkanes) is 5. The molecular weight excluding hydrogens is 1510 g/mol. The van der Waals surface area contributed by atoms with Crippen molar-refractivity contribution < 1.29 is 124 Å². The standard InChI is InChI=1S/C27H27NO3.C24H39BrN2O12.C23H37BrO11/c1-19-3-5-23(6-4-19)18-28-27(31)25-14-12-24(13-15-25)26(30)16-11-21-7-9-22(10-8-21)17-20(2)29;1-16(19(29)34-12-8-6-7-11-27-22(32)26-5)38-20(30)17(2)39-23(33)37-15-24(4,14-36-18(3)28)21(31)35-13-9-10-25;1-6-7-8-9-12-30-19(26)16(2)34-20(27)17(3)35-22(29)33-15-23(5,14-32-18(4)25)21(28)31-13-10-11-24/h3-10,12-15H,11,16-18H2,1-2H3,(H,28,31);16-17H,6-15H2,1-5H3,(H2,26,27,32);16-17H,6-15H2,1-5H3. The summed E-state index contributed by atoms with van der Waals surface area (Å²) in [5.41, 5.74) is 2.40. The zero-order valence-corrected chi connectivity index (χ0v) is 65.3. The van der Waals surface area contributed by atoms with Gasteiger partial charge in [0.15, 0.2) is 30.2 Å². The van der Waals surface area contributed by atoms with Crippen molar-refractivity contribution in [2.75, 3.05) is 77.1 Å². The van der Waals surface area contributed by atoms with E-state index >= 15 is 0 Å². The number of carbonyl (C=O) groups excluding carboxylic acids is 14. The van der Waals surface area contributed by atoms with Crippen molar-refractivity contribution in [2.24, 2.45) is 10.8 Å². The number of ketones is 2. The Morgan fingerprint density at radius 2 is 0.857 bits per heavy atom. The van der Waals surface area contributed by atoms with Crippen LogP contribution in [-0.2, 0) is 119 Å². The van der Waals surface area contributed by atoms with Gasteiger partial charge in [-0.3, -0.25) is 33.6 Å². The van der Waals surface area contributed by atoms with E-state index in [0.717, 1.165) is 42.9 Å². The number of esters is 8. The Morgan fingerprint density at radius 1 is 0.448 bits per heavy atom. The summed E-state index contributed by atoms with van der Waals surface area (Å²) < 4.78 is 59.8. The van der Waals surface area contributed by atoms with E-state index < -0.39 is 122 Å². The van der Waals surface area contributed by atoms with Crippen LogP contribution in [0.25, 0.3) is 0 Å². The fourth-order valence-electron chi connectivity index (χ4n) is 8.27. The third-order valence-electron chi connectivity index (χ3n) is 14.7. The van der Waals surface area contributed by atoms with Crippen LogP contribution in [0.3, 0.4) is 0 Å². The normalized spacial score (nSPS) is 12.8. The Labute approximate surface area is 630 Å². The molecular formula is C74H103Br2N3O26. The molecule has 6 unspecified atom stereocenters. The van der Waals surface area contributed by atoms with Crippen LogP contribution in [0.4, 0.5) is 14.4 Å². The zero-order valence-electron chi connectivity index (χ0n) is 62.1. The minimum atomic E-state index is -1.51. The van der Waals surface area contributed by atoms with E-state index in [0.29, 0.717) is 92.7 Å². The van der Waals surface area contributed by atoms with Crippen molar-refractivity contribution in [3.63, 3.8) is 0 Å². The van der Waals surface area contributed by atoms with Crippen molar-refractivity contribution in [1.29, 1.82) is 0 Å². The number of halogens is 2. The van der Waals surface area contributed by atoms with Crippen molar-refractivity contribution in [1.82, 2.24) is 16.0 Å². The summed E-state index contributed by atoms with van der Waals surface area (Å²) in [6.07, 6.45) is 0.424. The van der Waals surface area contributed by atoms with E-state index in [9.17, 15) is 67.1 Å². The van der Waals surface area contributed by atoms with Crippen molar-refractivity contribution in [3.05, 3.63) is 106 Å². The number of benzene rings is 3. The molecule has 0 aromatic heterocycles. The molecule has 3 aromatic rings. The van der Waals surface area contributed by atoms with Gasteiger partial charge in [0.25, 0.3) is 5.91 Å². The lowest BCUT2D eigenvalue weighted by atomic mass is 9.93. The summed E-state index contributed by atoms with van der Waals surface area (Å²) in [5.74, 6) is -6.22. The molecule has 29 nitrogen and oxygen atoms in total. The lowest BCUT2D eigenvalue weighted by molar-refractivity contribution is -0.173. The molecule has 3 amide bonds. The number of aryl methyl sites for hydroxylation is 2. The van der Waals surface area contributed by atoms with Crippen LogP contribution in [0.1, 0.15) is 176 Å². The van der Waals surface area contributed by atoms with Gasteiger partial charge in [-0.2, -0.15) is 0 Å². The van der Waals surface area contributed by atoms with Gasteiger partial charge in [0, 0.05) is 68.6 Å². The highest BCUT2D eigenvalue weighted by atomic mass is 79.9. The molecule has 0 saturated heterocycles. The van der Waals surface area contributed by atoms with Crippen LogP contribution < -0.4 is 16.0 Å². The molecule has 105 heavy (non-hydrogen) atoms. The van der Waals surface area contributed by atoms with Crippen molar-refractivity contribution in [3.8, 4) is 0 Å². The molecule has 584 valence electrons. The average molecular weight is 1610 g/mol. The van der Waals surface area contributed by atoms with Gasteiger partial charge in [0.2, 0.25) is 0 Å². The first-order chi connectivity index (χ1) is 49.7. The maximum atomic E-state index is 12.5. The minimum absolute atomic E-state index is 0.0411. The van der Waals surface area contributed by atoms with Gasteiger partial charge in [-0.05, 0) is 129 Å². The number of Topliss-reactive ketones (excluding diaryl/α,β-unsaturated/α-hetero) is 2. The number of carbonyl (C=O) groups is 14. The predicted molar refractivity (Wildman–Crippen MR) is 388 cm³/mol. The molecule has 0 radical (unpaired) electrons. The molecule has 0 spiro atoms. The highest BCUT2D eigenvalue weighted by Gasteiger charge is 2.41. The molecule has 0 aliphatic heterocycles. The maximum Gasteiger partial charge on any atom is 0.509 e. The van der Waals surface area contributed by atoms with E-state index in [1.807, 2.05) is 55.5 Å². The highest BCUT2D eigenvalue weighted by Crippen LogP contribution is 2.24. The molecule has 0 fully saturated rings. The molecule has 0 bridgehead atoms. The number of ether oxygens (including phenoxy) is 12. The molecule has 3 N–H and O–H groups in total. The summed E-state index contributed by atoms with van der Waals surface area (Å²) in [6, 6.07) is 22.3. The van der Waals surface area contributed by atoms with Gasteiger partial charge in [-0.15, -0.1) is 0 Å². The van der Waals surface area contributed by atoms with Crippen LogP contribution in [0, 0.1) is 17.8 Å². The number of hydrogen-bond donors (Lipinski definition) is 3. The Kier molecular flexibility index (Phi) is 47.3. The predicted octanol–water partition coefficient (Wildman–Crippen LogP) is 10.4. The number of hydrogen-bond acceptors (Lipinski definition) is 26. The summed E-state index contributed by atoms with van der Waals surface area (Å²) in [5, 5.41) is 9.19. The largest absolute Gasteiger partial charge is 0.509 e. The molecule has 31 heteroatoms. The molecule has 0 heterocycles. The van der Waals surface area contributed by atoms with E-state index in [2.05, 4.69) is 54.7 Å². The van der Waals surface area contributed by atoms with Gasteiger partial charge in [0.1, 0.15) is 43.0 Å². The van der Waals surface area contributed by atoms with Gasteiger partial charge in [-0.1, -0.05) is 124 Å². The summed E-state index contributed by atoms with van der Waals surface area (Å²) in [6.45, 7) is 15.5. The fourth-order valence-corrected chi connectivity index (χ4v) is 8.73. The maximum absolute atomic E-state index is 12.5. The lowest BCUT2D eigenvalue weighted by Crippen LogP contribution is -2.41. The quantitative estimate of drug-likeness (QED) is 0.0156. The first kappa shape index (κ1) is 94.0. The Balaban J connectivity index is 0.000000791. The van der Waals surface area contributed by atoms with Gasteiger partial charge >= 0.3 is 66.1 Å². The van der Waals surface area contributed by atoms with Gasteiger partial charge < -0.3 is 72.8 Å². The number of nitrogens with one attached hydrogen (secondary N) is 3. The van der Waals surface area contributed by atoms with Crippen LogP contribution in [0.15, 0.2) is 72.8 Å². The number of alkyl halides is 2. The third-order valence-corrected chi connectivity index (χ3v) is 15.8. The molecule has 0 aliphatic rings. The topological polar surface area (TPSA) is 386 Å². The molecule has 0 saturated carbocycles. The first-order valence-electron chi connectivity index (χ1n) is 34.4. The van der Waals surface area contributed by atoms with E-state index in [1.165, 1.54) is 61.1 Å². The van der Waals surface area contributed by atoms with E-state index in [1.54, 1.807) is 31.2 Å². The number of amides is 3. The third kappa shape index (κ3) is 41.9. The van der Waals surface area contributed by atoms with Gasteiger partial charge in [-0.25, -0.2) is 33.6 Å². The van der Waals surface area contributed by atoms with Crippen molar-refractivity contribution >= 4 is 115 Å². The SMILES string of the molecule is CC(=O)Cc1ccc(CCC(=O)c2ccc(C(=O)NCc3ccc(C)cc3)cc2)cc1.CCCCCCOC(=O)C(C)OC(=O)C(C)OC(=O)OCC(C)(COC(C)=O)C(=O)OCCCBr.CNC(=O)NCCCCCOC(=O)C(C)OC(=O)C(C)OC(=O)OCC(C)(COC(C)=O)C(=O)OCCCBr. The summed E-state index contributed by atoms with van der Waals surface area (Å²) in [7, 11) is 1.51. The minimum Gasteiger partial charge on any atom is -0.465 e. The first-order valence-corrected chi connectivity index (χ1v) is 36.6. The second-order valence-corrected chi connectivity index (χ2v) is 26.2. The molecule has 3 rings (SSSR count). The smallest absolute Gasteiger partial charge is 0.465 e. The van der Waals surface area contributed by atoms with Crippen LogP contribution >= 0.6 is 31.9 Å². The fraction of sp³-hybridized carbons (Fsp3) is 0.568. The van der Waals surface area contributed by atoms with E-state index in [-0.39, 0.29) is 49.9 Å². The second kappa shape index (κ2) is 52.9. The summed E-state index contributed by atoms with van der Waals surface area (Å²) in [4.78, 5) is 167. The lowest BCUT2D eigenvalue weighted by Gasteiger charge is -2.26. The Hall–Kier alpha value is -9.00. The zero-order chi connectivity index (χ0) is 78.9.